The summed E-state index contributed by atoms with van der Waals surface area (Å²) in [5, 5.41) is 3.70. The number of carbonyl (C=O) groups is 1. The Morgan fingerprint density at radius 1 is 1.15 bits per heavy atom. The molecule has 0 aromatic heterocycles. The van der Waals surface area contributed by atoms with E-state index in [1.54, 1.807) is 0 Å². The van der Waals surface area contributed by atoms with Gasteiger partial charge in [0.1, 0.15) is 0 Å². The fraction of sp³-hybridized carbons (Fsp3) is 0.409. The van der Waals surface area contributed by atoms with Gasteiger partial charge in [0.2, 0.25) is 5.91 Å². The predicted molar refractivity (Wildman–Crippen MR) is 109 cm³/mol. The van der Waals surface area contributed by atoms with Gasteiger partial charge in [-0.05, 0) is 55.0 Å². The molecular formula is C22H27ClN2O. The summed E-state index contributed by atoms with van der Waals surface area (Å²) < 4.78 is 0. The van der Waals surface area contributed by atoms with E-state index in [4.69, 9.17) is 11.6 Å². The molecule has 26 heavy (non-hydrogen) atoms. The van der Waals surface area contributed by atoms with Gasteiger partial charge in [-0.1, -0.05) is 48.9 Å². The van der Waals surface area contributed by atoms with Gasteiger partial charge in [0.25, 0.3) is 0 Å². The van der Waals surface area contributed by atoms with Crippen molar-refractivity contribution >= 4 is 23.2 Å². The number of anilines is 1. The maximum absolute atomic E-state index is 12.3. The van der Waals surface area contributed by atoms with Crippen LogP contribution < -0.4 is 10.2 Å². The number of carbonyl (C=O) groups excluding carboxylic acids is 1. The molecule has 1 N–H and O–H groups in total. The lowest BCUT2D eigenvalue weighted by atomic mass is 9.98. The molecule has 138 valence electrons. The third kappa shape index (κ3) is 4.79. The molecule has 3 nitrogen and oxygen atoms in total. The largest absolute Gasteiger partial charge is 0.372 e. The third-order valence-electron chi connectivity index (χ3n) is 5.23. The third-order valence-corrected chi connectivity index (χ3v) is 5.60. The minimum absolute atomic E-state index is 0.0142. The minimum Gasteiger partial charge on any atom is -0.372 e. The van der Waals surface area contributed by atoms with E-state index in [-0.39, 0.29) is 11.9 Å². The number of benzene rings is 2. The van der Waals surface area contributed by atoms with Crippen LogP contribution in [0.15, 0.2) is 48.5 Å². The molecule has 0 aliphatic carbocycles. The zero-order valence-electron chi connectivity index (χ0n) is 15.5. The van der Waals surface area contributed by atoms with Crippen LogP contribution in [0.2, 0.25) is 5.02 Å². The van der Waals surface area contributed by atoms with Crippen LogP contribution in [0.25, 0.3) is 0 Å². The first-order valence-electron chi connectivity index (χ1n) is 9.40. The zero-order chi connectivity index (χ0) is 18.5. The normalized spacial score (nSPS) is 16.3. The van der Waals surface area contributed by atoms with E-state index in [0.717, 1.165) is 30.1 Å². The Kier molecular flexibility index (Phi) is 6.20. The lowest BCUT2D eigenvalue weighted by Gasteiger charge is -2.32. The highest BCUT2D eigenvalue weighted by Gasteiger charge is 2.17. The Morgan fingerprint density at radius 2 is 1.81 bits per heavy atom. The summed E-state index contributed by atoms with van der Waals surface area (Å²) >= 11 is 6.14. The highest BCUT2D eigenvalue weighted by Crippen LogP contribution is 2.24. The number of piperidine rings is 1. The van der Waals surface area contributed by atoms with Crippen molar-refractivity contribution in [2.75, 3.05) is 18.0 Å². The Balaban J connectivity index is 1.57. The monoisotopic (exact) mass is 370 g/mol. The second-order valence-electron chi connectivity index (χ2n) is 7.32. The Bertz CT molecular complexity index is 736. The summed E-state index contributed by atoms with van der Waals surface area (Å²) in [5.41, 5.74) is 3.25. The van der Waals surface area contributed by atoms with Gasteiger partial charge in [0.05, 0.1) is 12.5 Å². The van der Waals surface area contributed by atoms with Gasteiger partial charge >= 0.3 is 0 Å². The van der Waals surface area contributed by atoms with Crippen LogP contribution >= 0.6 is 11.6 Å². The highest BCUT2D eigenvalue weighted by atomic mass is 35.5. The van der Waals surface area contributed by atoms with Crippen LogP contribution in [0.3, 0.4) is 0 Å². The molecular weight excluding hydrogens is 344 g/mol. The van der Waals surface area contributed by atoms with Crippen molar-refractivity contribution in [1.29, 1.82) is 0 Å². The van der Waals surface area contributed by atoms with Gasteiger partial charge < -0.3 is 10.2 Å². The molecule has 0 radical (unpaired) electrons. The van der Waals surface area contributed by atoms with Crippen LogP contribution in [0.5, 0.6) is 0 Å². The predicted octanol–water partition coefficient (Wildman–Crippen LogP) is 5.00. The summed E-state index contributed by atoms with van der Waals surface area (Å²) in [6, 6.07) is 16.0. The van der Waals surface area contributed by atoms with E-state index in [9.17, 15) is 4.79 Å². The van der Waals surface area contributed by atoms with Crippen LogP contribution in [0.4, 0.5) is 5.69 Å². The molecule has 1 aliphatic heterocycles. The Hall–Kier alpha value is -2.00. The van der Waals surface area contributed by atoms with Crippen molar-refractivity contribution in [3.63, 3.8) is 0 Å². The van der Waals surface area contributed by atoms with Gasteiger partial charge in [-0.25, -0.2) is 0 Å². The summed E-state index contributed by atoms with van der Waals surface area (Å²) in [6.07, 6.45) is 2.82. The van der Waals surface area contributed by atoms with Crippen LogP contribution in [0, 0.1) is 5.92 Å². The van der Waals surface area contributed by atoms with Crippen molar-refractivity contribution in [1.82, 2.24) is 5.32 Å². The molecule has 1 aliphatic rings. The molecule has 2 aromatic carbocycles. The quantitative estimate of drug-likeness (QED) is 0.803. The molecule has 0 bridgehead atoms. The first-order valence-corrected chi connectivity index (χ1v) is 9.78. The van der Waals surface area contributed by atoms with Crippen LogP contribution in [-0.2, 0) is 11.2 Å². The van der Waals surface area contributed by atoms with Crippen molar-refractivity contribution < 1.29 is 4.79 Å². The summed E-state index contributed by atoms with van der Waals surface area (Å²) in [6.45, 7) is 6.60. The van der Waals surface area contributed by atoms with E-state index in [1.165, 1.54) is 18.5 Å². The first-order chi connectivity index (χ1) is 12.5. The molecule has 2 aromatic rings. The molecule has 0 spiro atoms. The van der Waals surface area contributed by atoms with E-state index in [2.05, 4.69) is 41.4 Å². The fourth-order valence-electron chi connectivity index (χ4n) is 3.43. The number of nitrogens with one attached hydrogen (secondary N) is 1. The molecule has 1 amide bonds. The maximum Gasteiger partial charge on any atom is 0.224 e. The average Bonchev–Trinajstić information content (AvgIpc) is 2.64. The topological polar surface area (TPSA) is 32.3 Å². The number of hydrogen-bond acceptors (Lipinski definition) is 2. The smallest absolute Gasteiger partial charge is 0.224 e. The zero-order valence-corrected chi connectivity index (χ0v) is 16.3. The molecule has 0 unspecified atom stereocenters. The van der Waals surface area contributed by atoms with Gasteiger partial charge in [-0.3, -0.25) is 4.79 Å². The second-order valence-corrected chi connectivity index (χ2v) is 7.73. The minimum atomic E-state index is -0.0274. The number of halogens is 1. The molecule has 1 heterocycles. The number of nitrogens with zero attached hydrogens (tertiary/aromatic N) is 1. The van der Waals surface area contributed by atoms with E-state index < -0.39 is 0 Å². The van der Waals surface area contributed by atoms with Crippen molar-refractivity contribution in [3.05, 3.63) is 64.7 Å². The van der Waals surface area contributed by atoms with Gasteiger partial charge in [0, 0.05) is 23.8 Å². The lowest BCUT2D eigenvalue weighted by Crippen LogP contribution is -2.32. The van der Waals surface area contributed by atoms with Gasteiger partial charge in [-0.15, -0.1) is 0 Å². The van der Waals surface area contributed by atoms with E-state index in [0.29, 0.717) is 11.4 Å². The summed E-state index contributed by atoms with van der Waals surface area (Å²) in [5.74, 6) is 0.818. The number of hydrogen-bond donors (Lipinski definition) is 1. The standard InChI is InChI=1S/C22H27ClN2O/c1-16-11-13-25(14-12-16)20-9-7-18(8-10-20)17(2)24-22(26)15-19-5-3-4-6-21(19)23/h3-10,16-17H,11-15H2,1-2H3,(H,24,26)/t17-/m1/s1. The molecule has 1 fully saturated rings. The van der Waals surface area contributed by atoms with Crippen molar-refractivity contribution in [3.8, 4) is 0 Å². The molecule has 4 heteroatoms. The lowest BCUT2D eigenvalue weighted by molar-refractivity contribution is -0.121. The summed E-state index contributed by atoms with van der Waals surface area (Å²) in [4.78, 5) is 14.8. The fourth-order valence-corrected chi connectivity index (χ4v) is 3.63. The second kappa shape index (κ2) is 8.59. The van der Waals surface area contributed by atoms with Crippen molar-refractivity contribution in [2.45, 2.75) is 39.2 Å². The van der Waals surface area contributed by atoms with E-state index in [1.807, 2.05) is 31.2 Å². The van der Waals surface area contributed by atoms with E-state index >= 15 is 0 Å². The highest BCUT2D eigenvalue weighted by molar-refractivity contribution is 6.31. The number of amides is 1. The van der Waals surface area contributed by atoms with Crippen LogP contribution in [0.1, 0.15) is 43.9 Å². The van der Waals surface area contributed by atoms with Crippen molar-refractivity contribution in [2.24, 2.45) is 5.92 Å². The van der Waals surface area contributed by atoms with Gasteiger partial charge in [-0.2, -0.15) is 0 Å². The maximum atomic E-state index is 12.3. The summed E-state index contributed by atoms with van der Waals surface area (Å²) in [7, 11) is 0. The Labute approximate surface area is 161 Å². The SMILES string of the molecule is CC1CCN(c2ccc([C@@H](C)NC(=O)Cc3ccccc3Cl)cc2)CC1. The molecule has 3 rings (SSSR count). The van der Waals surface area contributed by atoms with Crippen LogP contribution in [-0.4, -0.2) is 19.0 Å². The molecule has 1 saturated heterocycles. The average molecular weight is 371 g/mol. The Morgan fingerprint density at radius 3 is 2.46 bits per heavy atom. The molecule has 1 atom stereocenters. The molecule has 0 saturated carbocycles. The first kappa shape index (κ1) is 18.8. The van der Waals surface area contributed by atoms with Gasteiger partial charge in [0.15, 0.2) is 0 Å². The number of rotatable bonds is 5.